The zero-order valence-corrected chi connectivity index (χ0v) is 13.8. The predicted octanol–water partition coefficient (Wildman–Crippen LogP) is 5.70. The van der Waals surface area contributed by atoms with Gasteiger partial charge in [-0.1, -0.05) is 91.0 Å². The molecule has 1 heterocycles. The van der Waals surface area contributed by atoms with Crippen molar-refractivity contribution in [2.45, 2.75) is 0 Å². The summed E-state index contributed by atoms with van der Waals surface area (Å²) in [6.45, 7) is 0. The molecule has 0 atom stereocenters. The molecule has 0 aliphatic heterocycles. The van der Waals surface area contributed by atoms with E-state index in [1.165, 1.54) is 11.1 Å². The molecule has 3 radical (unpaired) electrons. The lowest BCUT2D eigenvalue weighted by atomic mass is 10.00. The van der Waals surface area contributed by atoms with Crippen LogP contribution in [-0.4, -0.2) is 13.4 Å². The van der Waals surface area contributed by atoms with E-state index in [0.717, 1.165) is 22.5 Å². The van der Waals surface area contributed by atoms with E-state index < -0.39 is 0 Å². The summed E-state index contributed by atoms with van der Waals surface area (Å²) in [4.78, 5) is 4.90. The number of nitrogens with zero attached hydrogens (tertiary/aromatic N) is 1. The molecule has 117 valence electrons. The number of rotatable bonds is 3. The highest BCUT2D eigenvalue weighted by Gasteiger charge is 2.08. The summed E-state index contributed by atoms with van der Waals surface area (Å²) in [5.74, 6) is 0. The van der Waals surface area contributed by atoms with Crippen LogP contribution in [0.2, 0.25) is 0 Å². The van der Waals surface area contributed by atoms with Crippen LogP contribution in [0.25, 0.3) is 33.6 Å². The van der Waals surface area contributed by atoms with Crippen LogP contribution in [-0.2, 0) is 0 Å². The maximum atomic E-state index is 4.90. The molecule has 0 aliphatic carbocycles. The van der Waals surface area contributed by atoms with Crippen molar-refractivity contribution < 1.29 is 0 Å². The van der Waals surface area contributed by atoms with Crippen molar-refractivity contribution in [3.8, 4) is 33.6 Å². The Bertz CT molecular complexity index is 796. The first-order valence-corrected chi connectivity index (χ1v) is 8.08. The Morgan fingerprint density at radius 2 is 0.760 bits per heavy atom. The van der Waals surface area contributed by atoms with Gasteiger partial charge in [0, 0.05) is 19.5 Å². The Balaban J connectivity index is 0.00000182. The summed E-state index contributed by atoms with van der Waals surface area (Å²) in [7, 11) is 0. The second kappa shape index (κ2) is 7.63. The van der Waals surface area contributed by atoms with Crippen LogP contribution in [0.15, 0.2) is 103 Å². The SMILES string of the molecule is [B].c1ccc(-c2cc(-c3ccccc3)nc(-c3ccccc3)c2)cc1. The average Bonchev–Trinajstić information content (AvgIpc) is 2.70. The van der Waals surface area contributed by atoms with Crippen LogP contribution in [0.3, 0.4) is 0 Å². The van der Waals surface area contributed by atoms with Gasteiger partial charge in [0.15, 0.2) is 0 Å². The Labute approximate surface area is 150 Å². The molecule has 0 N–H and O–H groups in total. The average molecular weight is 318 g/mol. The summed E-state index contributed by atoms with van der Waals surface area (Å²) in [5.41, 5.74) is 6.64. The van der Waals surface area contributed by atoms with Gasteiger partial charge >= 0.3 is 0 Å². The lowest BCUT2D eigenvalue weighted by molar-refractivity contribution is 1.32. The first-order valence-electron chi connectivity index (χ1n) is 8.08. The monoisotopic (exact) mass is 318 g/mol. The molecule has 0 spiro atoms. The largest absolute Gasteiger partial charge is 0.248 e. The Morgan fingerprint density at radius 1 is 0.400 bits per heavy atom. The van der Waals surface area contributed by atoms with Crippen LogP contribution < -0.4 is 0 Å². The van der Waals surface area contributed by atoms with Crippen LogP contribution >= 0.6 is 0 Å². The van der Waals surface area contributed by atoms with Gasteiger partial charge in [-0.2, -0.15) is 0 Å². The number of benzene rings is 3. The van der Waals surface area contributed by atoms with Crippen LogP contribution in [0.4, 0.5) is 0 Å². The fourth-order valence-corrected chi connectivity index (χ4v) is 2.84. The first-order chi connectivity index (χ1) is 11.9. The third-order valence-electron chi connectivity index (χ3n) is 4.07. The normalized spacial score (nSPS) is 10.1. The minimum absolute atomic E-state index is 0. The Kier molecular flexibility index (Phi) is 5.10. The van der Waals surface area contributed by atoms with E-state index >= 15 is 0 Å². The fraction of sp³-hybridized carbons (Fsp3) is 0. The van der Waals surface area contributed by atoms with Crippen molar-refractivity contribution in [3.63, 3.8) is 0 Å². The molecular formula is C23H17BN. The summed E-state index contributed by atoms with van der Waals surface area (Å²) in [6, 6.07) is 35.5. The minimum atomic E-state index is 0. The van der Waals surface area contributed by atoms with Gasteiger partial charge in [-0.15, -0.1) is 0 Å². The second-order valence-electron chi connectivity index (χ2n) is 5.72. The molecular weight excluding hydrogens is 301 g/mol. The quantitative estimate of drug-likeness (QED) is 0.441. The van der Waals surface area contributed by atoms with Crippen LogP contribution in [0.1, 0.15) is 0 Å². The van der Waals surface area contributed by atoms with E-state index in [4.69, 9.17) is 4.98 Å². The van der Waals surface area contributed by atoms with Gasteiger partial charge in [0.05, 0.1) is 11.4 Å². The van der Waals surface area contributed by atoms with Crippen molar-refractivity contribution in [3.05, 3.63) is 103 Å². The van der Waals surface area contributed by atoms with Gasteiger partial charge in [0.2, 0.25) is 0 Å². The van der Waals surface area contributed by atoms with E-state index in [0.29, 0.717) is 0 Å². The summed E-state index contributed by atoms with van der Waals surface area (Å²) in [5, 5.41) is 0. The highest BCUT2D eigenvalue weighted by molar-refractivity contribution is 5.76. The molecule has 1 aromatic heterocycles. The lowest BCUT2D eigenvalue weighted by Crippen LogP contribution is -1.90. The molecule has 0 bridgehead atoms. The second-order valence-corrected chi connectivity index (χ2v) is 5.72. The Hall–Kier alpha value is -3.13. The predicted molar refractivity (Wildman–Crippen MR) is 106 cm³/mol. The first kappa shape index (κ1) is 16.7. The van der Waals surface area contributed by atoms with E-state index in [-0.39, 0.29) is 8.41 Å². The van der Waals surface area contributed by atoms with Crippen molar-refractivity contribution in [2.75, 3.05) is 0 Å². The topological polar surface area (TPSA) is 12.9 Å². The number of aromatic nitrogens is 1. The summed E-state index contributed by atoms with van der Waals surface area (Å²) >= 11 is 0. The molecule has 4 aromatic rings. The van der Waals surface area contributed by atoms with Crippen LogP contribution in [0, 0.1) is 0 Å². The molecule has 2 heteroatoms. The molecule has 0 fully saturated rings. The number of hydrogen-bond acceptors (Lipinski definition) is 1. The third kappa shape index (κ3) is 3.69. The van der Waals surface area contributed by atoms with Gasteiger partial charge < -0.3 is 0 Å². The molecule has 0 amide bonds. The summed E-state index contributed by atoms with van der Waals surface area (Å²) < 4.78 is 0. The fourth-order valence-electron chi connectivity index (χ4n) is 2.84. The van der Waals surface area contributed by atoms with Crippen molar-refractivity contribution in [1.29, 1.82) is 0 Å². The maximum Gasteiger partial charge on any atom is 0.0715 e. The van der Waals surface area contributed by atoms with Gasteiger partial charge in [-0.25, -0.2) is 4.98 Å². The van der Waals surface area contributed by atoms with E-state index in [1.807, 2.05) is 42.5 Å². The molecule has 1 nitrogen and oxygen atoms in total. The van der Waals surface area contributed by atoms with Crippen LogP contribution in [0.5, 0.6) is 0 Å². The molecule has 0 saturated heterocycles. The minimum Gasteiger partial charge on any atom is -0.248 e. The van der Waals surface area contributed by atoms with E-state index in [2.05, 4.69) is 60.7 Å². The number of pyridine rings is 1. The maximum absolute atomic E-state index is 4.90. The van der Waals surface area contributed by atoms with E-state index in [1.54, 1.807) is 0 Å². The molecule has 0 saturated carbocycles. The smallest absolute Gasteiger partial charge is 0.0715 e. The zero-order chi connectivity index (χ0) is 16.2. The highest BCUT2D eigenvalue weighted by atomic mass is 14.7. The molecule has 4 rings (SSSR count). The van der Waals surface area contributed by atoms with Crippen molar-refractivity contribution in [2.24, 2.45) is 0 Å². The molecule has 0 unspecified atom stereocenters. The van der Waals surface area contributed by atoms with Gasteiger partial charge in [0.25, 0.3) is 0 Å². The highest BCUT2D eigenvalue weighted by Crippen LogP contribution is 2.29. The molecule has 3 aromatic carbocycles. The molecule has 0 aliphatic rings. The van der Waals surface area contributed by atoms with Crippen molar-refractivity contribution >= 4 is 8.41 Å². The zero-order valence-electron chi connectivity index (χ0n) is 13.8. The summed E-state index contributed by atoms with van der Waals surface area (Å²) in [6.07, 6.45) is 0. The van der Waals surface area contributed by atoms with Gasteiger partial charge in [-0.05, 0) is 23.3 Å². The van der Waals surface area contributed by atoms with Crippen molar-refractivity contribution in [1.82, 2.24) is 4.98 Å². The standard InChI is InChI=1S/C23H17N.B/c1-4-10-18(11-5-1)21-16-22(19-12-6-2-7-13-19)24-23(17-21)20-14-8-3-9-15-20;/h1-17H;. The van der Waals surface area contributed by atoms with Gasteiger partial charge in [-0.3, -0.25) is 0 Å². The number of hydrogen-bond donors (Lipinski definition) is 0. The van der Waals surface area contributed by atoms with E-state index in [9.17, 15) is 0 Å². The third-order valence-corrected chi connectivity index (χ3v) is 4.07. The lowest BCUT2D eigenvalue weighted by Gasteiger charge is -2.10. The Morgan fingerprint density at radius 3 is 1.16 bits per heavy atom. The van der Waals surface area contributed by atoms with Gasteiger partial charge in [0.1, 0.15) is 0 Å². The molecule has 25 heavy (non-hydrogen) atoms.